The lowest BCUT2D eigenvalue weighted by atomic mass is 10.1. The summed E-state index contributed by atoms with van der Waals surface area (Å²) in [7, 11) is 5.20. The fraction of sp³-hybridized carbons (Fsp3) is 0.500. The molecule has 5 heteroatoms. The molecule has 1 rings (SSSR count). The predicted octanol–water partition coefficient (Wildman–Crippen LogP) is 1.60. The highest BCUT2D eigenvalue weighted by Crippen LogP contribution is 2.15. The van der Waals surface area contributed by atoms with Crippen LogP contribution >= 0.6 is 0 Å². The fourth-order valence-electron chi connectivity index (χ4n) is 2.07. The Morgan fingerprint density at radius 1 is 1.19 bits per heavy atom. The summed E-state index contributed by atoms with van der Waals surface area (Å²) in [5.41, 5.74) is 1.94. The van der Waals surface area contributed by atoms with Crippen molar-refractivity contribution < 1.29 is 9.59 Å². The summed E-state index contributed by atoms with van der Waals surface area (Å²) in [5.74, 6) is -0.129. The molecule has 0 spiro atoms. The van der Waals surface area contributed by atoms with E-state index >= 15 is 0 Å². The van der Waals surface area contributed by atoms with E-state index in [1.165, 1.54) is 4.90 Å². The van der Waals surface area contributed by atoms with E-state index in [1.807, 2.05) is 24.3 Å². The van der Waals surface area contributed by atoms with Gasteiger partial charge in [0, 0.05) is 19.8 Å². The normalized spacial score (nSPS) is 12.1. The van der Waals surface area contributed by atoms with Crippen molar-refractivity contribution in [1.29, 1.82) is 0 Å². The number of carbonyl (C=O) groups is 2. The first kappa shape index (κ1) is 17.2. The zero-order chi connectivity index (χ0) is 16.0. The minimum Gasteiger partial charge on any atom is -0.347 e. The minimum absolute atomic E-state index is 0.0146. The van der Waals surface area contributed by atoms with Crippen LogP contribution in [-0.4, -0.2) is 55.3 Å². The SMILES string of the molecule is CCc1ccccc1NC(=O)CN(C)[C@H](C)C(=O)N(C)C. The lowest BCUT2D eigenvalue weighted by Crippen LogP contribution is -2.45. The predicted molar refractivity (Wildman–Crippen MR) is 85.2 cm³/mol. The number of anilines is 1. The molecule has 1 atom stereocenters. The van der Waals surface area contributed by atoms with Crippen LogP contribution in [0.4, 0.5) is 5.69 Å². The number of nitrogens with one attached hydrogen (secondary N) is 1. The number of rotatable bonds is 6. The van der Waals surface area contributed by atoms with Gasteiger partial charge in [0.05, 0.1) is 12.6 Å². The Hall–Kier alpha value is -1.88. The Kier molecular flexibility index (Phi) is 6.37. The van der Waals surface area contributed by atoms with Crippen molar-refractivity contribution >= 4 is 17.5 Å². The van der Waals surface area contributed by atoms with Crippen LogP contribution in [0.5, 0.6) is 0 Å². The average molecular weight is 291 g/mol. The lowest BCUT2D eigenvalue weighted by Gasteiger charge is -2.25. The maximum absolute atomic E-state index is 12.1. The van der Waals surface area contributed by atoms with Crippen molar-refractivity contribution in [3.05, 3.63) is 29.8 Å². The third-order valence-electron chi connectivity index (χ3n) is 3.52. The highest BCUT2D eigenvalue weighted by Gasteiger charge is 2.21. The molecule has 21 heavy (non-hydrogen) atoms. The zero-order valence-electron chi connectivity index (χ0n) is 13.5. The largest absolute Gasteiger partial charge is 0.347 e. The van der Waals surface area contributed by atoms with Crippen molar-refractivity contribution in [3.8, 4) is 0 Å². The average Bonchev–Trinajstić information content (AvgIpc) is 2.45. The Labute approximate surface area is 126 Å². The van der Waals surface area contributed by atoms with E-state index in [2.05, 4.69) is 12.2 Å². The molecule has 1 aromatic carbocycles. The molecule has 116 valence electrons. The van der Waals surface area contributed by atoms with Crippen LogP contribution < -0.4 is 5.32 Å². The number of carbonyl (C=O) groups excluding carboxylic acids is 2. The monoisotopic (exact) mass is 291 g/mol. The topological polar surface area (TPSA) is 52.7 Å². The number of benzene rings is 1. The number of para-hydroxylation sites is 1. The van der Waals surface area contributed by atoms with Crippen LogP contribution in [-0.2, 0) is 16.0 Å². The fourth-order valence-corrected chi connectivity index (χ4v) is 2.07. The second kappa shape index (κ2) is 7.78. The van der Waals surface area contributed by atoms with Crippen LogP contribution in [0.1, 0.15) is 19.4 Å². The number of aryl methyl sites for hydroxylation is 1. The highest BCUT2D eigenvalue weighted by molar-refractivity contribution is 5.93. The van der Waals surface area contributed by atoms with Gasteiger partial charge in [0.15, 0.2) is 0 Å². The van der Waals surface area contributed by atoms with Crippen LogP contribution in [0.15, 0.2) is 24.3 Å². The summed E-state index contributed by atoms with van der Waals surface area (Å²) < 4.78 is 0. The van der Waals surface area contributed by atoms with E-state index in [0.717, 1.165) is 17.7 Å². The molecule has 5 nitrogen and oxygen atoms in total. The Morgan fingerprint density at radius 3 is 2.38 bits per heavy atom. The molecule has 1 aromatic rings. The molecule has 0 aliphatic rings. The van der Waals surface area contributed by atoms with Gasteiger partial charge in [-0.1, -0.05) is 25.1 Å². The van der Waals surface area contributed by atoms with Gasteiger partial charge in [-0.25, -0.2) is 0 Å². The van der Waals surface area contributed by atoms with Gasteiger partial charge in [0.2, 0.25) is 11.8 Å². The maximum atomic E-state index is 12.1. The summed E-state index contributed by atoms with van der Waals surface area (Å²) >= 11 is 0. The second-order valence-electron chi connectivity index (χ2n) is 5.38. The zero-order valence-corrected chi connectivity index (χ0v) is 13.5. The molecule has 0 fully saturated rings. The molecule has 0 unspecified atom stereocenters. The van der Waals surface area contributed by atoms with Gasteiger partial charge in [-0.2, -0.15) is 0 Å². The number of nitrogens with zero attached hydrogens (tertiary/aromatic N) is 2. The molecular formula is C16H25N3O2. The van der Waals surface area contributed by atoms with E-state index in [1.54, 1.807) is 33.0 Å². The van der Waals surface area contributed by atoms with Crippen molar-refractivity contribution in [2.45, 2.75) is 26.3 Å². The Bertz CT molecular complexity index is 500. The van der Waals surface area contributed by atoms with Crippen molar-refractivity contribution in [3.63, 3.8) is 0 Å². The van der Waals surface area contributed by atoms with Crippen molar-refractivity contribution in [1.82, 2.24) is 9.80 Å². The quantitative estimate of drug-likeness (QED) is 0.866. The minimum atomic E-state index is -0.327. The Morgan fingerprint density at radius 2 is 1.81 bits per heavy atom. The van der Waals surface area contributed by atoms with Gasteiger partial charge >= 0.3 is 0 Å². The van der Waals surface area contributed by atoms with Gasteiger partial charge < -0.3 is 10.2 Å². The molecule has 0 radical (unpaired) electrons. The third-order valence-corrected chi connectivity index (χ3v) is 3.52. The molecule has 0 saturated carbocycles. The number of likely N-dealkylation sites (N-methyl/N-ethyl adjacent to an activating group) is 2. The van der Waals surface area contributed by atoms with E-state index in [9.17, 15) is 9.59 Å². The molecule has 1 N–H and O–H groups in total. The maximum Gasteiger partial charge on any atom is 0.239 e. The van der Waals surface area contributed by atoms with Gasteiger partial charge in [-0.3, -0.25) is 14.5 Å². The lowest BCUT2D eigenvalue weighted by molar-refractivity contribution is -0.133. The highest BCUT2D eigenvalue weighted by atomic mass is 16.2. The van der Waals surface area contributed by atoms with Crippen LogP contribution in [0.25, 0.3) is 0 Å². The molecule has 0 aliphatic carbocycles. The van der Waals surface area contributed by atoms with Crippen LogP contribution in [0, 0.1) is 0 Å². The third kappa shape index (κ3) is 4.86. The standard InChI is InChI=1S/C16H25N3O2/c1-6-13-9-7-8-10-14(13)17-15(20)11-19(5)12(2)16(21)18(3)4/h7-10,12H,6,11H2,1-5H3,(H,17,20)/t12-/m1/s1. The van der Waals surface area contributed by atoms with E-state index < -0.39 is 0 Å². The molecule has 0 aromatic heterocycles. The van der Waals surface area contributed by atoms with Gasteiger partial charge in [-0.05, 0) is 32.0 Å². The van der Waals surface area contributed by atoms with E-state index in [0.29, 0.717) is 0 Å². The van der Waals surface area contributed by atoms with Crippen molar-refractivity contribution in [2.24, 2.45) is 0 Å². The van der Waals surface area contributed by atoms with Gasteiger partial charge in [0.25, 0.3) is 0 Å². The smallest absolute Gasteiger partial charge is 0.239 e. The van der Waals surface area contributed by atoms with Gasteiger partial charge in [-0.15, -0.1) is 0 Å². The Balaban J connectivity index is 2.63. The summed E-state index contributed by atoms with van der Waals surface area (Å²) in [5, 5.41) is 2.91. The first-order valence-electron chi connectivity index (χ1n) is 7.16. The van der Waals surface area contributed by atoms with E-state index in [-0.39, 0.29) is 24.4 Å². The number of hydrogen-bond donors (Lipinski definition) is 1. The molecule has 2 amide bonds. The molecular weight excluding hydrogens is 266 g/mol. The summed E-state index contributed by atoms with van der Waals surface area (Å²) in [6.07, 6.45) is 0.863. The number of amides is 2. The summed E-state index contributed by atoms with van der Waals surface area (Å²) in [6, 6.07) is 7.42. The molecule has 0 aliphatic heterocycles. The molecule has 0 saturated heterocycles. The van der Waals surface area contributed by atoms with E-state index in [4.69, 9.17) is 0 Å². The second-order valence-corrected chi connectivity index (χ2v) is 5.38. The molecule has 0 bridgehead atoms. The van der Waals surface area contributed by atoms with Crippen molar-refractivity contribution in [2.75, 3.05) is 33.0 Å². The number of hydrogen-bond acceptors (Lipinski definition) is 3. The van der Waals surface area contributed by atoms with Gasteiger partial charge in [0.1, 0.15) is 0 Å². The van der Waals surface area contributed by atoms with Crippen LogP contribution in [0.2, 0.25) is 0 Å². The first-order valence-corrected chi connectivity index (χ1v) is 7.16. The first-order chi connectivity index (χ1) is 9.86. The molecule has 0 heterocycles. The van der Waals surface area contributed by atoms with Crippen LogP contribution in [0.3, 0.4) is 0 Å². The summed E-state index contributed by atoms with van der Waals surface area (Å²) in [4.78, 5) is 27.3. The summed E-state index contributed by atoms with van der Waals surface area (Å²) in [6.45, 7) is 4.03.